The van der Waals surface area contributed by atoms with Crippen LogP contribution in [0.5, 0.6) is 0 Å². The van der Waals surface area contributed by atoms with Crippen LogP contribution >= 0.6 is 11.8 Å². The fourth-order valence-electron chi connectivity index (χ4n) is 1.08. The van der Waals surface area contributed by atoms with E-state index < -0.39 is 29.0 Å². The molecule has 0 aromatic heterocycles. The Morgan fingerprint density at radius 3 is 2.00 bits per heavy atom. The Morgan fingerprint density at radius 1 is 0.917 bits per heavy atom. The first kappa shape index (κ1) is 10.2. The van der Waals surface area contributed by atoms with Gasteiger partial charge in [0.2, 0.25) is 0 Å². The van der Waals surface area contributed by atoms with Gasteiger partial charge in [0.05, 0.1) is 18.0 Å². The van der Waals surface area contributed by atoms with Gasteiger partial charge in [0, 0.05) is 0 Å². The zero-order valence-electron chi connectivity index (χ0n) is 6.24. The summed E-state index contributed by atoms with van der Waals surface area (Å²) in [6.07, 6.45) is -3.94. The molecule has 1 rings (SSSR count). The van der Waals surface area contributed by atoms with Crippen molar-refractivity contribution in [1.29, 1.82) is 0 Å². The van der Waals surface area contributed by atoms with Crippen molar-refractivity contribution in [2.45, 2.75) is 29.0 Å². The third-order valence-corrected chi connectivity index (χ3v) is 3.20. The first-order valence-corrected chi connectivity index (χ1v) is 4.50. The topological polar surface area (TPSA) is 101 Å². The van der Waals surface area contributed by atoms with E-state index in [1.54, 1.807) is 0 Å². The van der Waals surface area contributed by atoms with E-state index in [0.29, 0.717) is 0 Å². The van der Waals surface area contributed by atoms with Crippen molar-refractivity contribution in [3.63, 3.8) is 0 Å². The van der Waals surface area contributed by atoms with Gasteiger partial charge in [-0.3, -0.25) is 0 Å². The number of aliphatic hydroxyl groups is 5. The average Bonchev–Trinajstić information content (AvgIpc) is 2.08. The third kappa shape index (κ3) is 1.73. The minimum Gasteiger partial charge on any atom is -0.395 e. The molecule has 1 heterocycles. The van der Waals surface area contributed by atoms with E-state index in [9.17, 15) is 5.11 Å². The van der Waals surface area contributed by atoms with Gasteiger partial charge in [0.1, 0.15) is 17.6 Å². The van der Waals surface area contributed by atoms with Crippen LogP contribution in [-0.4, -0.2) is 61.1 Å². The van der Waals surface area contributed by atoms with E-state index >= 15 is 0 Å². The lowest BCUT2D eigenvalue weighted by atomic mass is 10.0. The van der Waals surface area contributed by atoms with Gasteiger partial charge < -0.3 is 25.5 Å². The third-order valence-electron chi connectivity index (χ3n) is 1.87. The summed E-state index contributed by atoms with van der Waals surface area (Å²) >= 11 is 0.852. The van der Waals surface area contributed by atoms with E-state index in [2.05, 4.69) is 0 Å². The van der Waals surface area contributed by atoms with Gasteiger partial charge in [-0.05, 0) is 0 Å². The highest BCUT2D eigenvalue weighted by molar-refractivity contribution is 8.00. The minimum absolute atomic E-state index is 0.341. The maximum absolute atomic E-state index is 9.22. The second-order valence-corrected chi connectivity index (χ2v) is 4.08. The number of rotatable bonds is 1. The highest BCUT2D eigenvalue weighted by Crippen LogP contribution is 2.30. The molecule has 12 heavy (non-hydrogen) atoms. The summed E-state index contributed by atoms with van der Waals surface area (Å²) in [4.78, 5) is 0. The molecule has 6 heteroatoms. The minimum atomic E-state index is -1.39. The molecular formula is C6H12O5S. The summed E-state index contributed by atoms with van der Waals surface area (Å²) in [5, 5.41) is 44.6. The zero-order valence-corrected chi connectivity index (χ0v) is 7.05. The molecule has 1 fully saturated rings. The van der Waals surface area contributed by atoms with Gasteiger partial charge in [-0.15, -0.1) is 11.8 Å². The quantitative estimate of drug-likeness (QED) is 0.318. The Morgan fingerprint density at radius 2 is 1.50 bits per heavy atom. The molecule has 0 saturated carbocycles. The highest BCUT2D eigenvalue weighted by Gasteiger charge is 2.42. The van der Waals surface area contributed by atoms with E-state index in [4.69, 9.17) is 20.4 Å². The van der Waals surface area contributed by atoms with Crippen LogP contribution in [0.3, 0.4) is 0 Å². The van der Waals surface area contributed by atoms with Crippen molar-refractivity contribution in [1.82, 2.24) is 0 Å². The van der Waals surface area contributed by atoms with Crippen molar-refractivity contribution >= 4 is 11.8 Å². The molecule has 0 aromatic rings. The summed E-state index contributed by atoms with van der Waals surface area (Å²) in [6.45, 7) is -0.341. The monoisotopic (exact) mass is 196 g/mol. The first-order valence-electron chi connectivity index (χ1n) is 3.56. The normalized spacial score (nSPS) is 49.2. The molecule has 5 N–H and O–H groups in total. The van der Waals surface area contributed by atoms with Crippen molar-refractivity contribution in [3.8, 4) is 0 Å². The van der Waals surface area contributed by atoms with Crippen molar-refractivity contribution < 1.29 is 25.5 Å². The summed E-state index contributed by atoms with van der Waals surface area (Å²) in [7, 11) is 0. The lowest BCUT2D eigenvalue weighted by Crippen LogP contribution is -2.53. The molecule has 1 aliphatic rings. The van der Waals surface area contributed by atoms with Gasteiger partial charge in [-0.2, -0.15) is 0 Å². The Bertz CT molecular complexity index is 150. The van der Waals surface area contributed by atoms with Gasteiger partial charge in [0.25, 0.3) is 0 Å². The van der Waals surface area contributed by atoms with Gasteiger partial charge in [-0.1, -0.05) is 0 Å². The zero-order chi connectivity index (χ0) is 9.30. The van der Waals surface area contributed by atoms with Crippen LogP contribution in [0.15, 0.2) is 0 Å². The van der Waals surface area contributed by atoms with Crippen LogP contribution < -0.4 is 0 Å². The smallest absolute Gasteiger partial charge is 0.128 e. The molecule has 5 unspecified atom stereocenters. The maximum atomic E-state index is 9.22. The molecule has 0 spiro atoms. The lowest BCUT2D eigenvalue weighted by Gasteiger charge is -2.36. The predicted octanol–water partition coefficient (Wildman–Crippen LogP) is -2.50. The SMILES string of the molecule is OCC1SC(O)C(O)C(O)C1O. The summed E-state index contributed by atoms with van der Waals surface area (Å²) in [6, 6.07) is 0. The second-order valence-electron chi connectivity index (χ2n) is 2.72. The van der Waals surface area contributed by atoms with E-state index in [-0.39, 0.29) is 6.61 Å². The molecule has 5 nitrogen and oxygen atoms in total. The number of aliphatic hydroxyl groups excluding tert-OH is 5. The van der Waals surface area contributed by atoms with E-state index in [1.165, 1.54) is 0 Å². The fraction of sp³-hybridized carbons (Fsp3) is 1.00. The number of hydrogen-bond acceptors (Lipinski definition) is 6. The van der Waals surface area contributed by atoms with Crippen LogP contribution in [0, 0.1) is 0 Å². The van der Waals surface area contributed by atoms with Gasteiger partial charge >= 0.3 is 0 Å². The lowest BCUT2D eigenvalue weighted by molar-refractivity contribution is -0.0953. The Balaban J connectivity index is 2.63. The molecule has 0 bridgehead atoms. The Kier molecular flexibility index (Phi) is 3.33. The van der Waals surface area contributed by atoms with E-state index in [1.807, 2.05) is 0 Å². The average molecular weight is 196 g/mol. The van der Waals surface area contributed by atoms with Crippen LogP contribution in [0.25, 0.3) is 0 Å². The van der Waals surface area contributed by atoms with Crippen molar-refractivity contribution in [2.75, 3.05) is 6.61 Å². The largest absolute Gasteiger partial charge is 0.395 e. The summed E-state index contributed by atoms with van der Waals surface area (Å²) < 4.78 is 0. The molecule has 1 saturated heterocycles. The van der Waals surface area contributed by atoms with Crippen LogP contribution in [0.4, 0.5) is 0 Å². The van der Waals surface area contributed by atoms with Gasteiger partial charge in [-0.25, -0.2) is 0 Å². The molecule has 0 amide bonds. The first-order chi connectivity index (χ1) is 5.57. The van der Waals surface area contributed by atoms with Gasteiger partial charge in [0.15, 0.2) is 0 Å². The molecule has 0 aliphatic carbocycles. The Hall–Kier alpha value is 0.150. The number of hydrogen-bond donors (Lipinski definition) is 5. The molecule has 0 radical (unpaired) electrons. The summed E-state index contributed by atoms with van der Waals surface area (Å²) in [5.41, 5.74) is -1.15. The van der Waals surface area contributed by atoms with E-state index in [0.717, 1.165) is 11.8 Å². The van der Waals surface area contributed by atoms with Crippen LogP contribution in [0.1, 0.15) is 0 Å². The summed E-state index contributed by atoms with van der Waals surface area (Å²) in [5.74, 6) is 0. The molecular weight excluding hydrogens is 184 g/mol. The number of thioether (sulfide) groups is 1. The highest BCUT2D eigenvalue weighted by atomic mass is 32.2. The standard InChI is InChI=1S/C6H12O5S/c7-1-2-3(8)4(9)5(10)6(11)12-2/h2-11H,1H2. The molecule has 1 aliphatic heterocycles. The maximum Gasteiger partial charge on any atom is 0.128 e. The fourth-order valence-corrected chi connectivity index (χ4v) is 2.17. The molecule has 5 atom stereocenters. The van der Waals surface area contributed by atoms with Crippen LogP contribution in [0.2, 0.25) is 0 Å². The predicted molar refractivity (Wildman–Crippen MR) is 42.5 cm³/mol. The molecule has 0 aromatic carbocycles. The van der Waals surface area contributed by atoms with Crippen molar-refractivity contribution in [2.24, 2.45) is 0 Å². The Labute approximate surface area is 73.7 Å². The second kappa shape index (κ2) is 3.91. The van der Waals surface area contributed by atoms with Crippen molar-refractivity contribution in [3.05, 3.63) is 0 Å². The molecule has 72 valence electrons. The van der Waals surface area contributed by atoms with Crippen LogP contribution in [-0.2, 0) is 0 Å².